The van der Waals surface area contributed by atoms with Gasteiger partial charge in [-0.15, -0.1) is 0 Å². The predicted octanol–water partition coefficient (Wildman–Crippen LogP) is 3.74. The van der Waals surface area contributed by atoms with Crippen molar-refractivity contribution in [2.45, 2.75) is 20.8 Å². The van der Waals surface area contributed by atoms with Crippen LogP contribution in [0.1, 0.15) is 27.0 Å². The van der Waals surface area contributed by atoms with E-state index in [2.05, 4.69) is 26.6 Å². The molecular formula is C18H19BrN2O2. The summed E-state index contributed by atoms with van der Waals surface area (Å²) in [4.78, 5) is 24.1. The van der Waals surface area contributed by atoms with E-state index in [-0.39, 0.29) is 18.4 Å². The highest BCUT2D eigenvalue weighted by Gasteiger charge is 2.11. The maximum atomic E-state index is 12.1. The summed E-state index contributed by atoms with van der Waals surface area (Å²) in [6.07, 6.45) is 0. The van der Waals surface area contributed by atoms with Crippen LogP contribution in [0.25, 0.3) is 0 Å². The zero-order valence-corrected chi connectivity index (χ0v) is 15.0. The van der Waals surface area contributed by atoms with Crippen molar-refractivity contribution in [1.82, 2.24) is 5.32 Å². The predicted molar refractivity (Wildman–Crippen MR) is 95.8 cm³/mol. The Morgan fingerprint density at radius 1 is 1.04 bits per heavy atom. The summed E-state index contributed by atoms with van der Waals surface area (Å²) in [5.41, 5.74) is 4.48. The van der Waals surface area contributed by atoms with Crippen LogP contribution >= 0.6 is 15.9 Å². The number of nitrogens with one attached hydrogen (secondary N) is 2. The number of anilines is 1. The fourth-order valence-corrected chi connectivity index (χ4v) is 2.85. The molecule has 0 aliphatic heterocycles. The van der Waals surface area contributed by atoms with Gasteiger partial charge in [0.2, 0.25) is 5.91 Å². The van der Waals surface area contributed by atoms with E-state index in [9.17, 15) is 9.59 Å². The molecule has 0 spiro atoms. The van der Waals surface area contributed by atoms with Crippen molar-refractivity contribution in [3.05, 3.63) is 63.1 Å². The van der Waals surface area contributed by atoms with Crippen LogP contribution in [0.5, 0.6) is 0 Å². The van der Waals surface area contributed by atoms with Gasteiger partial charge in [0.05, 0.1) is 6.54 Å². The number of aryl methyl sites for hydroxylation is 3. The van der Waals surface area contributed by atoms with E-state index in [4.69, 9.17) is 0 Å². The molecule has 5 heteroatoms. The quantitative estimate of drug-likeness (QED) is 0.855. The van der Waals surface area contributed by atoms with Crippen molar-refractivity contribution in [3.8, 4) is 0 Å². The normalized spacial score (nSPS) is 10.3. The maximum absolute atomic E-state index is 12.1. The number of amides is 2. The molecule has 0 aromatic heterocycles. The molecule has 2 amide bonds. The minimum Gasteiger partial charge on any atom is -0.343 e. The van der Waals surface area contributed by atoms with E-state index >= 15 is 0 Å². The van der Waals surface area contributed by atoms with E-state index < -0.39 is 0 Å². The van der Waals surface area contributed by atoms with Crippen LogP contribution in [0.3, 0.4) is 0 Å². The Kier molecular flexibility index (Phi) is 5.55. The average molecular weight is 375 g/mol. The van der Waals surface area contributed by atoms with Crippen LogP contribution in [-0.4, -0.2) is 18.4 Å². The van der Waals surface area contributed by atoms with Crippen molar-refractivity contribution in [2.75, 3.05) is 11.9 Å². The third-order valence-electron chi connectivity index (χ3n) is 3.44. The van der Waals surface area contributed by atoms with Crippen LogP contribution in [-0.2, 0) is 4.79 Å². The molecule has 0 unspecified atom stereocenters. The molecule has 0 radical (unpaired) electrons. The minimum atomic E-state index is -0.279. The van der Waals surface area contributed by atoms with Crippen LogP contribution in [0, 0.1) is 20.8 Å². The van der Waals surface area contributed by atoms with Crippen molar-refractivity contribution < 1.29 is 9.59 Å². The van der Waals surface area contributed by atoms with Gasteiger partial charge in [0.15, 0.2) is 0 Å². The number of carbonyl (C=O) groups is 2. The van der Waals surface area contributed by atoms with Crippen LogP contribution in [0.2, 0.25) is 0 Å². The summed E-state index contributed by atoms with van der Waals surface area (Å²) in [6.45, 7) is 5.85. The van der Waals surface area contributed by atoms with Gasteiger partial charge in [0.1, 0.15) is 0 Å². The number of hydrogen-bond acceptors (Lipinski definition) is 2. The van der Waals surface area contributed by atoms with Gasteiger partial charge in [-0.1, -0.05) is 39.7 Å². The van der Waals surface area contributed by atoms with Gasteiger partial charge in [0.25, 0.3) is 5.91 Å². The summed E-state index contributed by atoms with van der Waals surface area (Å²) in [5, 5.41) is 5.49. The van der Waals surface area contributed by atoms with Gasteiger partial charge in [-0.2, -0.15) is 0 Å². The van der Waals surface area contributed by atoms with E-state index in [1.807, 2.05) is 39.0 Å². The first-order valence-corrected chi connectivity index (χ1v) is 8.07. The third kappa shape index (κ3) is 4.66. The largest absolute Gasteiger partial charge is 0.343 e. The Bertz CT molecular complexity index is 733. The first-order valence-electron chi connectivity index (χ1n) is 7.28. The van der Waals surface area contributed by atoms with Gasteiger partial charge in [-0.3, -0.25) is 9.59 Å². The van der Waals surface area contributed by atoms with E-state index in [0.29, 0.717) is 5.56 Å². The second kappa shape index (κ2) is 7.42. The van der Waals surface area contributed by atoms with Gasteiger partial charge < -0.3 is 10.6 Å². The van der Waals surface area contributed by atoms with Crippen molar-refractivity contribution in [2.24, 2.45) is 0 Å². The lowest BCUT2D eigenvalue weighted by Crippen LogP contribution is -2.33. The molecular weight excluding hydrogens is 356 g/mol. The molecule has 2 aromatic rings. The van der Waals surface area contributed by atoms with Crippen molar-refractivity contribution in [1.29, 1.82) is 0 Å². The number of rotatable bonds is 4. The van der Waals surface area contributed by atoms with Crippen LogP contribution in [0.15, 0.2) is 40.9 Å². The lowest BCUT2D eigenvalue weighted by atomic mass is 10.1. The monoisotopic (exact) mass is 374 g/mol. The number of hydrogen-bond donors (Lipinski definition) is 2. The average Bonchev–Trinajstić information content (AvgIpc) is 2.48. The Hall–Kier alpha value is -2.14. The summed E-state index contributed by atoms with van der Waals surface area (Å²) >= 11 is 3.32. The molecule has 0 aliphatic carbocycles. The van der Waals surface area contributed by atoms with Crippen molar-refractivity contribution >= 4 is 33.4 Å². The smallest absolute Gasteiger partial charge is 0.251 e. The highest BCUT2D eigenvalue weighted by atomic mass is 79.9. The molecule has 0 fully saturated rings. The summed E-state index contributed by atoms with van der Waals surface area (Å²) in [5.74, 6) is -0.526. The number of benzene rings is 2. The summed E-state index contributed by atoms with van der Waals surface area (Å²) < 4.78 is 0.820. The molecule has 4 nitrogen and oxygen atoms in total. The van der Waals surface area contributed by atoms with E-state index in [1.54, 1.807) is 18.2 Å². The molecule has 23 heavy (non-hydrogen) atoms. The fourth-order valence-electron chi connectivity index (χ4n) is 2.45. The lowest BCUT2D eigenvalue weighted by Gasteiger charge is -2.13. The highest BCUT2D eigenvalue weighted by Crippen LogP contribution is 2.21. The minimum absolute atomic E-state index is 0.0713. The molecule has 2 N–H and O–H groups in total. The van der Waals surface area contributed by atoms with Gasteiger partial charge >= 0.3 is 0 Å². The van der Waals surface area contributed by atoms with Gasteiger partial charge in [-0.25, -0.2) is 0 Å². The second-order valence-corrected chi connectivity index (χ2v) is 6.43. The molecule has 0 saturated heterocycles. The zero-order chi connectivity index (χ0) is 17.0. The number of carbonyl (C=O) groups excluding carboxylic acids is 2. The van der Waals surface area contributed by atoms with E-state index in [0.717, 1.165) is 26.9 Å². The zero-order valence-electron chi connectivity index (χ0n) is 13.4. The summed E-state index contributed by atoms with van der Waals surface area (Å²) in [7, 11) is 0. The van der Waals surface area contributed by atoms with Crippen LogP contribution < -0.4 is 10.6 Å². The van der Waals surface area contributed by atoms with Gasteiger partial charge in [0, 0.05) is 15.7 Å². The second-order valence-electron chi connectivity index (χ2n) is 5.51. The molecule has 2 aromatic carbocycles. The molecule has 0 atom stereocenters. The Labute approximate surface area is 144 Å². The Morgan fingerprint density at radius 2 is 1.70 bits per heavy atom. The van der Waals surface area contributed by atoms with Gasteiger partial charge in [-0.05, 0) is 50.1 Å². The third-order valence-corrected chi connectivity index (χ3v) is 3.93. The van der Waals surface area contributed by atoms with Crippen molar-refractivity contribution in [3.63, 3.8) is 0 Å². The fraction of sp³-hybridized carbons (Fsp3) is 0.222. The van der Waals surface area contributed by atoms with Crippen LogP contribution in [0.4, 0.5) is 5.69 Å². The molecule has 0 aliphatic rings. The molecule has 2 rings (SSSR count). The Balaban J connectivity index is 1.97. The molecule has 120 valence electrons. The first-order chi connectivity index (χ1) is 10.9. The SMILES string of the molecule is Cc1cc(C)c(NC(=O)CNC(=O)c2cccc(Br)c2)c(C)c1. The first kappa shape index (κ1) is 17.2. The molecule has 0 bridgehead atoms. The Morgan fingerprint density at radius 3 is 2.30 bits per heavy atom. The topological polar surface area (TPSA) is 58.2 Å². The lowest BCUT2D eigenvalue weighted by molar-refractivity contribution is -0.115. The molecule has 0 saturated carbocycles. The standard InChI is InChI=1S/C18H19BrN2O2/c1-11-7-12(2)17(13(3)8-11)21-16(22)10-20-18(23)14-5-4-6-15(19)9-14/h4-9H,10H2,1-3H3,(H,20,23)(H,21,22). The van der Waals surface area contributed by atoms with E-state index in [1.165, 1.54) is 0 Å². The maximum Gasteiger partial charge on any atom is 0.251 e. The highest BCUT2D eigenvalue weighted by molar-refractivity contribution is 9.10. The number of halogens is 1. The molecule has 0 heterocycles. The summed E-state index contributed by atoms with van der Waals surface area (Å²) in [6, 6.07) is 11.1.